The first kappa shape index (κ1) is 28.2. The van der Waals surface area contributed by atoms with Crippen LogP contribution in [0.1, 0.15) is 110 Å². The second-order valence-electron chi connectivity index (χ2n) is 9.73. The monoisotopic (exact) mass is 470 g/mol. The molecule has 0 spiro atoms. The summed E-state index contributed by atoms with van der Waals surface area (Å²) < 4.78 is 16.2. The van der Waals surface area contributed by atoms with Gasteiger partial charge in [0.2, 0.25) is 0 Å². The quantitative estimate of drug-likeness (QED) is 0.215. The number of Topliss-reactive ketones (excluding diaryl/α,β-unsaturated/α-hetero) is 1. The fourth-order valence-corrected chi connectivity index (χ4v) is 4.77. The van der Waals surface area contributed by atoms with E-state index in [4.69, 9.17) is 14.2 Å². The van der Waals surface area contributed by atoms with Crippen LogP contribution in [0, 0.1) is 0 Å². The third kappa shape index (κ3) is 8.93. The number of carbonyl (C=O) groups is 2. The normalized spacial score (nSPS) is 27.0. The van der Waals surface area contributed by atoms with Gasteiger partial charge in [-0.05, 0) is 6.42 Å². The van der Waals surface area contributed by atoms with Gasteiger partial charge in [-0.25, -0.2) is 0 Å². The Morgan fingerprint density at radius 2 is 1.45 bits per heavy atom. The van der Waals surface area contributed by atoms with Crippen LogP contribution >= 0.6 is 0 Å². The highest BCUT2D eigenvalue weighted by atomic mass is 16.6. The number of aliphatic hydroxyl groups excluding tert-OH is 2. The van der Waals surface area contributed by atoms with Gasteiger partial charge in [-0.2, -0.15) is 0 Å². The molecule has 2 aliphatic rings. The minimum absolute atomic E-state index is 0.0556. The van der Waals surface area contributed by atoms with Crippen molar-refractivity contribution in [1.82, 2.24) is 0 Å². The minimum atomic E-state index is -1.52. The molecule has 7 nitrogen and oxygen atoms in total. The Bertz CT molecular complexity index is 563. The van der Waals surface area contributed by atoms with E-state index in [0.29, 0.717) is 0 Å². The standard InChI is InChI=1S/C26H46O7/c1-2-3-4-5-6-7-8-9-10-11-12-13-14-15-16-17-23(30)33-24-21(28)18-31-25(24)26(20-27)22(29)19-32-26/h21,24-25,27-28H,2-20H2,1H3/t21-,24+,25-,26-/m0/s1. The molecule has 0 aliphatic carbocycles. The molecule has 2 heterocycles. The van der Waals surface area contributed by atoms with Crippen LogP contribution in [0.3, 0.4) is 0 Å². The van der Waals surface area contributed by atoms with E-state index in [1.54, 1.807) is 0 Å². The van der Waals surface area contributed by atoms with Gasteiger partial charge in [0, 0.05) is 6.42 Å². The lowest BCUT2D eigenvalue weighted by Crippen LogP contribution is -2.67. The second kappa shape index (κ2) is 15.8. The number of esters is 1. The Labute approximate surface area is 199 Å². The second-order valence-corrected chi connectivity index (χ2v) is 9.73. The van der Waals surface area contributed by atoms with Gasteiger partial charge in [-0.15, -0.1) is 0 Å². The van der Waals surface area contributed by atoms with E-state index in [0.717, 1.165) is 19.3 Å². The first-order chi connectivity index (χ1) is 16.0. The lowest BCUT2D eigenvalue weighted by Gasteiger charge is -2.43. The summed E-state index contributed by atoms with van der Waals surface area (Å²) in [6, 6.07) is 0. The molecular formula is C26H46O7. The van der Waals surface area contributed by atoms with Gasteiger partial charge in [-0.1, -0.05) is 96.8 Å². The average molecular weight is 471 g/mol. The Morgan fingerprint density at radius 1 is 0.939 bits per heavy atom. The van der Waals surface area contributed by atoms with E-state index in [-0.39, 0.29) is 25.4 Å². The average Bonchev–Trinajstić information content (AvgIpc) is 3.16. The molecule has 33 heavy (non-hydrogen) atoms. The molecule has 0 bridgehead atoms. The van der Waals surface area contributed by atoms with Crippen LogP contribution in [0.5, 0.6) is 0 Å². The molecule has 2 saturated heterocycles. The highest BCUT2D eigenvalue weighted by Gasteiger charge is 2.61. The lowest BCUT2D eigenvalue weighted by atomic mass is 9.84. The van der Waals surface area contributed by atoms with Gasteiger partial charge in [0.15, 0.2) is 17.5 Å². The van der Waals surface area contributed by atoms with Crippen LogP contribution in [-0.2, 0) is 23.8 Å². The summed E-state index contributed by atoms with van der Waals surface area (Å²) in [4.78, 5) is 24.2. The van der Waals surface area contributed by atoms with Crippen LogP contribution in [-0.4, -0.2) is 65.7 Å². The van der Waals surface area contributed by atoms with Gasteiger partial charge in [-0.3, -0.25) is 9.59 Å². The summed E-state index contributed by atoms with van der Waals surface area (Å²) in [5.41, 5.74) is -1.52. The first-order valence-electron chi connectivity index (χ1n) is 13.3. The number of hydrogen-bond donors (Lipinski definition) is 2. The zero-order valence-electron chi connectivity index (χ0n) is 20.6. The molecule has 7 heteroatoms. The number of ether oxygens (including phenoxy) is 3. The first-order valence-corrected chi connectivity index (χ1v) is 13.3. The van der Waals surface area contributed by atoms with Crippen molar-refractivity contribution in [2.45, 2.75) is 134 Å². The van der Waals surface area contributed by atoms with Gasteiger partial charge in [0.1, 0.15) is 18.8 Å². The van der Waals surface area contributed by atoms with E-state index in [2.05, 4.69) is 6.92 Å². The van der Waals surface area contributed by atoms with E-state index >= 15 is 0 Å². The molecule has 0 radical (unpaired) electrons. The molecule has 2 fully saturated rings. The molecule has 2 N–H and O–H groups in total. The predicted octanol–water partition coefficient (Wildman–Crippen LogP) is 4.25. The Balaban J connectivity index is 1.46. The van der Waals surface area contributed by atoms with Crippen molar-refractivity contribution in [3.05, 3.63) is 0 Å². The van der Waals surface area contributed by atoms with Crippen molar-refractivity contribution < 1.29 is 34.0 Å². The Morgan fingerprint density at radius 3 is 1.88 bits per heavy atom. The molecule has 192 valence electrons. The highest BCUT2D eigenvalue weighted by Crippen LogP contribution is 2.36. The highest BCUT2D eigenvalue weighted by molar-refractivity contribution is 5.94. The summed E-state index contributed by atoms with van der Waals surface area (Å²) in [6.07, 6.45) is 16.2. The molecular weight excluding hydrogens is 424 g/mol. The molecule has 0 saturated carbocycles. The van der Waals surface area contributed by atoms with Crippen molar-refractivity contribution >= 4 is 11.8 Å². The molecule has 0 aromatic carbocycles. The van der Waals surface area contributed by atoms with Gasteiger partial charge < -0.3 is 24.4 Å². The van der Waals surface area contributed by atoms with Crippen molar-refractivity contribution in [3.8, 4) is 0 Å². The van der Waals surface area contributed by atoms with Crippen LogP contribution < -0.4 is 0 Å². The van der Waals surface area contributed by atoms with E-state index in [1.807, 2.05) is 0 Å². The minimum Gasteiger partial charge on any atom is -0.457 e. The third-order valence-corrected chi connectivity index (χ3v) is 7.00. The smallest absolute Gasteiger partial charge is 0.306 e. The molecule has 0 unspecified atom stereocenters. The van der Waals surface area contributed by atoms with Crippen molar-refractivity contribution in [2.24, 2.45) is 0 Å². The lowest BCUT2D eigenvalue weighted by molar-refractivity contribution is -0.225. The van der Waals surface area contributed by atoms with Gasteiger partial charge in [0.25, 0.3) is 0 Å². The molecule has 2 aliphatic heterocycles. The number of rotatable bonds is 19. The van der Waals surface area contributed by atoms with E-state index in [9.17, 15) is 19.8 Å². The fraction of sp³-hybridized carbons (Fsp3) is 0.923. The summed E-state index contributed by atoms with van der Waals surface area (Å²) in [5, 5.41) is 19.7. The number of aliphatic hydroxyl groups is 2. The van der Waals surface area contributed by atoms with Gasteiger partial charge in [0.05, 0.1) is 13.2 Å². The zero-order valence-corrected chi connectivity index (χ0v) is 20.6. The molecule has 0 aromatic heterocycles. The van der Waals surface area contributed by atoms with E-state index in [1.165, 1.54) is 77.0 Å². The fourth-order valence-electron chi connectivity index (χ4n) is 4.77. The van der Waals surface area contributed by atoms with Crippen molar-refractivity contribution in [2.75, 3.05) is 19.8 Å². The predicted molar refractivity (Wildman–Crippen MR) is 126 cm³/mol. The molecule has 0 amide bonds. The number of carbonyl (C=O) groups excluding carboxylic acids is 2. The summed E-state index contributed by atoms with van der Waals surface area (Å²) in [6.45, 7) is 1.54. The van der Waals surface area contributed by atoms with Crippen molar-refractivity contribution in [3.63, 3.8) is 0 Å². The maximum Gasteiger partial charge on any atom is 0.306 e. The topological polar surface area (TPSA) is 102 Å². The SMILES string of the molecule is CCCCCCCCCCCCCCCCCC(=O)O[C@@H]1[C@@H](O)CO[C@@H]1[C@@]1(CO)OCC1=O. The molecule has 4 atom stereocenters. The Hall–Kier alpha value is -1.02. The van der Waals surface area contributed by atoms with Crippen molar-refractivity contribution in [1.29, 1.82) is 0 Å². The van der Waals surface area contributed by atoms with Crippen LogP contribution in [0.4, 0.5) is 0 Å². The summed E-state index contributed by atoms with van der Waals surface area (Å²) >= 11 is 0. The van der Waals surface area contributed by atoms with Crippen LogP contribution in [0.2, 0.25) is 0 Å². The summed E-state index contributed by atoms with van der Waals surface area (Å²) in [5.74, 6) is -0.711. The van der Waals surface area contributed by atoms with Crippen LogP contribution in [0.15, 0.2) is 0 Å². The maximum absolute atomic E-state index is 12.3. The van der Waals surface area contributed by atoms with E-state index < -0.39 is 36.5 Å². The molecule has 0 aromatic rings. The van der Waals surface area contributed by atoms with Crippen LogP contribution in [0.25, 0.3) is 0 Å². The zero-order chi connectivity index (χ0) is 23.9. The number of hydrogen-bond acceptors (Lipinski definition) is 7. The third-order valence-electron chi connectivity index (χ3n) is 7.00. The molecule has 2 rings (SSSR count). The summed E-state index contributed by atoms with van der Waals surface area (Å²) in [7, 11) is 0. The number of ketones is 1. The number of unbranched alkanes of at least 4 members (excludes halogenated alkanes) is 14. The maximum atomic E-state index is 12.3. The Kier molecular flexibility index (Phi) is 13.5. The largest absolute Gasteiger partial charge is 0.457 e. The van der Waals surface area contributed by atoms with Gasteiger partial charge >= 0.3 is 5.97 Å².